The zero-order valence-electron chi connectivity index (χ0n) is 54.9. The summed E-state index contributed by atoms with van der Waals surface area (Å²) in [6.07, 6.45) is 11.1. The summed E-state index contributed by atoms with van der Waals surface area (Å²) < 4.78 is 22.5. The molecule has 13 heteroatoms. The lowest BCUT2D eigenvalue weighted by molar-refractivity contribution is 0.0894. The second-order valence-corrected chi connectivity index (χ2v) is 33.0. The van der Waals surface area contributed by atoms with Gasteiger partial charge in [-0.3, -0.25) is 9.59 Å². The fourth-order valence-corrected chi connectivity index (χ4v) is 25.5. The largest absolute Gasteiger partial charge is 0.489 e. The van der Waals surface area contributed by atoms with Gasteiger partial charge in [-0.05, 0) is 178 Å². The quantitative estimate of drug-likeness (QED) is 0.0478. The summed E-state index contributed by atoms with van der Waals surface area (Å²) in [7, 11) is -6.02. The van der Waals surface area contributed by atoms with E-state index in [1.807, 2.05) is 67.9 Å². The van der Waals surface area contributed by atoms with Crippen molar-refractivity contribution in [2.24, 2.45) is 0 Å². The van der Waals surface area contributed by atoms with E-state index in [1.54, 1.807) is 6.20 Å². The van der Waals surface area contributed by atoms with E-state index in [1.165, 1.54) is 47.1 Å². The van der Waals surface area contributed by atoms with Crippen molar-refractivity contribution in [2.45, 2.75) is 61.2 Å². The van der Waals surface area contributed by atoms with Crippen molar-refractivity contribution < 1.29 is 19.1 Å². The highest BCUT2D eigenvalue weighted by Crippen LogP contribution is 2.37. The summed E-state index contributed by atoms with van der Waals surface area (Å²) in [6.45, 7) is 13.0. The van der Waals surface area contributed by atoms with E-state index in [4.69, 9.17) is 9.47 Å². The Bertz CT molecular complexity index is 5240. The van der Waals surface area contributed by atoms with E-state index in [-0.39, 0.29) is 31.2 Å². The third-order valence-corrected chi connectivity index (χ3v) is 30.3. The molecule has 0 bridgehead atoms. The number of benzene rings is 10. The number of ketones is 2. The molecule has 10 aromatic carbocycles. The van der Waals surface area contributed by atoms with E-state index < -0.39 is 16.1 Å². The van der Waals surface area contributed by atoms with E-state index in [0.29, 0.717) is 22.6 Å². The molecule has 11 nitrogen and oxygen atoms in total. The number of ether oxygens (including phenoxy) is 2. The van der Waals surface area contributed by atoms with Crippen LogP contribution >= 0.6 is 0 Å². The molecular weight excluding hydrogens is 1230 g/mol. The van der Waals surface area contributed by atoms with Gasteiger partial charge in [0, 0.05) is 57.9 Å². The van der Waals surface area contributed by atoms with Gasteiger partial charge in [0.25, 0.3) is 0 Å². The van der Waals surface area contributed by atoms with E-state index in [9.17, 15) is 0 Å². The van der Waals surface area contributed by atoms with Crippen LogP contribution in [0.25, 0.3) is 45.0 Å². The van der Waals surface area contributed by atoms with Crippen molar-refractivity contribution in [3.63, 3.8) is 0 Å². The first-order chi connectivity index (χ1) is 47.4. The smallest absolute Gasteiger partial charge is 0.180 e. The molecular formula is C84H69N7O4Si2. The second kappa shape index (κ2) is 24.4. The van der Waals surface area contributed by atoms with Gasteiger partial charge in [0.15, 0.2) is 27.7 Å². The van der Waals surface area contributed by atoms with Crippen LogP contribution in [0.1, 0.15) is 72.3 Å². The highest BCUT2D eigenvalue weighted by atomic mass is 28.3. The molecule has 4 aromatic heterocycles. The Hall–Kier alpha value is -11.5. The SMILES string of the molecule is Cc1ccn(-c2cccc(-n3ccnc3)c2COc2ccc3c(c2)-c2cc(C(=O)CC(=O)c4ccc5c(c4)-c4cc(OCc6c(-n7cnc(C)c7C)cccc6-n6cnc(C)c6C)ccc4[Si]5(c4ccccc4)c4ccccc4)ccc2[Si]3(c2ccccc2)c2ccccc2)c1C. The number of hydrogen-bond donors (Lipinski definition) is 0. The summed E-state index contributed by atoms with van der Waals surface area (Å²) in [5.74, 6) is 0.875. The van der Waals surface area contributed by atoms with Gasteiger partial charge in [-0.15, -0.1) is 0 Å². The van der Waals surface area contributed by atoms with Gasteiger partial charge >= 0.3 is 0 Å². The highest BCUT2D eigenvalue weighted by Gasteiger charge is 2.51. The highest BCUT2D eigenvalue weighted by molar-refractivity contribution is 7.23. The van der Waals surface area contributed by atoms with Crippen LogP contribution < -0.4 is 51.0 Å². The monoisotopic (exact) mass is 1300 g/mol. The van der Waals surface area contributed by atoms with Gasteiger partial charge in [0.2, 0.25) is 0 Å². The van der Waals surface area contributed by atoms with Crippen LogP contribution in [0.5, 0.6) is 11.5 Å². The van der Waals surface area contributed by atoms with Crippen molar-refractivity contribution in [2.75, 3.05) is 0 Å². The molecule has 2 aliphatic heterocycles. The van der Waals surface area contributed by atoms with Crippen LogP contribution in [-0.2, 0) is 13.2 Å². The predicted octanol–water partition coefficient (Wildman–Crippen LogP) is 12.2. The molecule has 0 saturated carbocycles. The Kier molecular flexibility index (Phi) is 15.2. The molecule has 0 saturated heterocycles. The third-order valence-electron chi connectivity index (χ3n) is 20.5. The van der Waals surface area contributed by atoms with Gasteiger partial charge in [0.1, 0.15) is 24.7 Å². The Morgan fingerprint density at radius 3 is 1.15 bits per heavy atom. The summed E-state index contributed by atoms with van der Waals surface area (Å²) in [4.78, 5) is 44.2. The van der Waals surface area contributed by atoms with Gasteiger partial charge < -0.3 is 27.7 Å². The maximum Gasteiger partial charge on any atom is 0.180 e. The van der Waals surface area contributed by atoms with Crippen LogP contribution in [0.4, 0.5) is 0 Å². The van der Waals surface area contributed by atoms with E-state index in [0.717, 1.165) is 84.6 Å². The van der Waals surface area contributed by atoms with Crippen molar-refractivity contribution in [3.05, 3.63) is 330 Å². The van der Waals surface area contributed by atoms with Crippen LogP contribution in [0.15, 0.2) is 274 Å². The summed E-state index contributed by atoms with van der Waals surface area (Å²) >= 11 is 0. The molecule has 0 atom stereocenters. The maximum atomic E-state index is 15.2. The topological polar surface area (TPSA) is 111 Å². The molecule has 0 N–H and O–H groups in total. The first-order valence-corrected chi connectivity index (χ1v) is 36.9. The molecule has 0 unspecified atom stereocenters. The number of carbonyl (C=O) groups is 2. The summed E-state index contributed by atoms with van der Waals surface area (Å²) in [5, 5.41) is 9.67. The van der Waals surface area contributed by atoms with E-state index in [2.05, 4.69) is 275 Å². The average Bonchev–Trinajstić information content (AvgIpc) is 1.55. The third kappa shape index (κ3) is 9.94. The second-order valence-electron chi connectivity index (χ2n) is 25.5. The number of aromatic nitrogens is 7. The van der Waals surface area contributed by atoms with Crippen LogP contribution in [0.3, 0.4) is 0 Å². The molecule has 16 rings (SSSR count). The number of Topliss-reactive ketones (excluding diaryl/α,β-unsaturated/α-hetero) is 2. The maximum absolute atomic E-state index is 15.2. The summed E-state index contributed by atoms with van der Waals surface area (Å²) in [5.41, 5.74) is 17.1. The van der Waals surface area contributed by atoms with Crippen molar-refractivity contribution in [1.82, 2.24) is 33.2 Å². The minimum atomic E-state index is -3.02. The predicted molar refractivity (Wildman–Crippen MR) is 392 cm³/mol. The molecule has 472 valence electrons. The molecule has 2 aliphatic rings. The molecule has 6 heterocycles. The fourth-order valence-electron chi connectivity index (χ4n) is 15.2. The minimum absolute atomic E-state index is 0.244. The number of aryl methyl sites for hydroxylation is 3. The van der Waals surface area contributed by atoms with Crippen LogP contribution in [0.2, 0.25) is 0 Å². The Morgan fingerprint density at radius 1 is 0.381 bits per heavy atom. The molecule has 0 aliphatic carbocycles. The lowest BCUT2D eigenvalue weighted by Crippen LogP contribution is -2.72. The molecule has 0 spiro atoms. The first-order valence-electron chi connectivity index (χ1n) is 32.9. The number of fused-ring (bicyclic) bond motifs is 6. The molecule has 0 amide bonds. The minimum Gasteiger partial charge on any atom is -0.489 e. The van der Waals surface area contributed by atoms with Crippen LogP contribution in [-0.4, -0.2) is 60.9 Å². The molecule has 0 radical (unpaired) electrons. The molecule has 97 heavy (non-hydrogen) atoms. The van der Waals surface area contributed by atoms with Gasteiger partial charge in [-0.1, -0.05) is 170 Å². The van der Waals surface area contributed by atoms with Gasteiger partial charge in [0.05, 0.1) is 59.5 Å². The number of hydrogen-bond acceptors (Lipinski definition) is 7. The Morgan fingerprint density at radius 2 is 0.773 bits per heavy atom. The normalized spacial score (nSPS) is 13.0. The zero-order chi connectivity index (χ0) is 66.1. The van der Waals surface area contributed by atoms with Crippen molar-refractivity contribution in [1.29, 1.82) is 0 Å². The molecule has 0 fully saturated rings. The lowest BCUT2D eigenvalue weighted by atomic mass is 9.96. The Labute approximate surface area is 566 Å². The molecule has 14 aromatic rings. The first kappa shape index (κ1) is 60.4. The average molecular weight is 1300 g/mol. The van der Waals surface area contributed by atoms with Crippen LogP contribution in [0, 0.1) is 41.5 Å². The number of imidazole rings is 3. The Balaban J connectivity index is 0.770. The van der Waals surface area contributed by atoms with E-state index >= 15 is 9.59 Å². The number of rotatable bonds is 18. The lowest BCUT2D eigenvalue weighted by Gasteiger charge is -2.31. The number of carbonyl (C=O) groups excluding carboxylic acids is 2. The standard InChI is InChI=1S/C84H69N7O4Si2/c1-55-41-43-89(58(55)4)76-30-19-29-75(88-44-42-85-52-88)73(76)50-94-63-35-39-83-71(47-63)69-45-61(33-37-81(69)96(83,65-21-11-7-12-22-65)66-23-13-8-14-24-66)79(92)49-80(93)62-34-38-82-70(46-62)72-48-64(36-40-84(72)97(82,67-25-15-9-16-26-67)68-27-17-10-18-28-68)95-51-74-77(90-53-86-56(2)59(90)5)31-20-32-78(74)91-54-87-57(3)60(91)6/h7-48,52-54H,49-51H2,1-6H3. The number of nitrogens with zero attached hydrogens (tertiary/aromatic N) is 7. The van der Waals surface area contributed by atoms with Gasteiger partial charge in [-0.25, -0.2) is 15.0 Å². The van der Waals surface area contributed by atoms with Crippen molar-refractivity contribution in [3.8, 4) is 56.5 Å². The zero-order valence-corrected chi connectivity index (χ0v) is 56.9. The summed E-state index contributed by atoms with van der Waals surface area (Å²) in [6, 6.07) is 83.3. The van der Waals surface area contributed by atoms with Gasteiger partial charge in [-0.2, -0.15) is 0 Å². The fraction of sp³-hybridized carbons (Fsp3) is 0.107. The van der Waals surface area contributed by atoms with Crippen molar-refractivity contribution >= 4 is 69.2 Å².